The Kier molecular flexibility index (Phi) is 24.4. The van der Waals surface area contributed by atoms with Gasteiger partial charge in [-0.1, -0.05) is 70.4 Å². The predicted molar refractivity (Wildman–Crippen MR) is 152 cm³/mol. The van der Waals surface area contributed by atoms with E-state index in [1.165, 1.54) is 38.5 Å². The van der Waals surface area contributed by atoms with Gasteiger partial charge in [-0.05, 0) is 50.7 Å². The lowest BCUT2D eigenvalue weighted by molar-refractivity contribution is -0.161. The lowest BCUT2D eigenvalue weighted by Gasteiger charge is -2.18. The van der Waals surface area contributed by atoms with Gasteiger partial charge in [0.15, 0.2) is 11.9 Å². The Morgan fingerprint density at radius 1 is 0.750 bits per heavy atom. The minimum atomic E-state index is -4.82. The standard InChI is InChI=1S/C29H49O10P/c1-2-3-4-5-6-7-8-9-10-11-12-13-14-15-16-21-28(32)37-24-27(25-38-40(34,35)36)39-29(33)22-17-19-26(31)20-18-23-30/h9-10,18,20,23,27H,2-8,11-17,19,21-22,24-25H2,1H3,(H2,34,35,36)/b10-9-,20-18+/t27-/m1/s1. The summed E-state index contributed by atoms with van der Waals surface area (Å²) in [5.74, 6) is -1.56. The summed E-state index contributed by atoms with van der Waals surface area (Å²) in [4.78, 5) is 63.7. The van der Waals surface area contributed by atoms with Gasteiger partial charge in [0.1, 0.15) is 12.9 Å². The van der Waals surface area contributed by atoms with Crippen LogP contribution in [0.4, 0.5) is 0 Å². The maximum Gasteiger partial charge on any atom is 0.469 e. The van der Waals surface area contributed by atoms with Crippen LogP contribution >= 0.6 is 7.82 Å². The van der Waals surface area contributed by atoms with E-state index in [0.717, 1.165) is 50.7 Å². The molecule has 0 aromatic heterocycles. The van der Waals surface area contributed by atoms with Crippen molar-refractivity contribution in [1.82, 2.24) is 0 Å². The normalized spacial score (nSPS) is 12.6. The van der Waals surface area contributed by atoms with Gasteiger partial charge in [-0.3, -0.25) is 23.7 Å². The van der Waals surface area contributed by atoms with Gasteiger partial charge in [-0.15, -0.1) is 0 Å². The molecule has 0 rings (SSSR count). The van der Waals surface area contributed by atoms with Crippen molar-refractivity contribution in [2.75, 3.05) is 13.2 Å². The van der Waals surface area contributed by atoms with Crippen molar-refractivity contribution in [2.24, 2.45) is 0 Å². The highest BCUT2D eigenvalue weighted by atomic mass is 31.2. The number of aldehydes is 1. The van der Waals surface area contributed by atoms with Crippen LogP contribution in [-0.4, -0.2) is 53.1 Å². The van der Waals surface area contributed by atoms with E-state index in [0.29, 0.717) is 12.7 Å². The van der Waals surface area contributed by atoms with Crippen LogP contribution in [0.3, 0.4) is 0 Å². The molecule has 0 saturated carbocycles. The Morgan fingerprint density at radius 2 is 1.32 bits per heavy atom. The molecular formula is C29H49O10P. The molecule has 0 aliphatic rings. The van der Waals surface area contributed by atoms with Crippen LogP contribution in [-0.2, 0) is 37.7 Å². The zero-order valence-electron chi connectivity index (χ0n) is 24.0. The fraction of sp³-hybridized carbons (Fsp3) is 0.724. The summed E-state index contributed by atoms with van der Waals surface area (Å²) in [5.41, 5.74) is 0. The average Bonchev–Trinajstić information content (AvgIpc) is 2.90. The van der Waals surface area contributed by atoms with Crippen LogP contribution in [0.15, 0.2) is 24.3 Å². The van der Waals surface area contributed by atoms with Gasteiger partial charge < -0.3 is 19.3 Å². The summed E-state index contributed by atoms with van der Waals surface area (Å²) >= 11 is 0. The van der Waals surface area contributed by atoms with E-state index < -0.39 is 39.1 Å². The van der Waals surface area contributed by atoms with Gasteiger partial charge in [-0.25, -0.2) is 4.57 Å². The van der Waals surface area contributed by atoms with Crippen molar-refractivity contribution in [2.45, 2.75) is 122 Å². The van der Waals surface area contributed by atoms with E-state index >= 15 is 0 Å². The van der Waals surface area contributed by atoms with Crippen LogP contribution in [0.2, 0.25) is 0 Å². The summed E-state index contributed by atoms with van der Waals surface area (Å²) in [6.45, 7) is 1.17. The number of phosphoric ester groups is 1. The van der Waals surface area contributed by atoms with Gasteiger partial charge in [0.2, 0.25) is 0 Å². The second-order valence-electron chi connectivity index (χ2n) is 9.73. The van der Waals surface area contributed by atoms with Gasteiger partial charge in [0.25, 0.3) is 0 Å². The predicted octanol–water partition coefficient (Wildman–Crippen LogP) is 6.08. The highest BCUT2D eigenvalue weighted by molar-refractivity contribution is 7.46. The number of unbranched alkanes of at least 4 members (excludes halogenated alkanes) is 11. The topological polar surface area (TPSA) is 154 Å². The van der Waals surface area contributed by atoms with E-state index in [1.54, 1.807) is 0 Å². The number of ketones is 1. The minimum absolute atomic E-state index is 0.0219. The lowest BCUT2D eigenvalue weighted by atomic mass is 10.1. The zero-order valence-corrected chi connectivity index (χ0v) is 24.9. The largest absolute Gasteiger partial charge is 0.469 e. The van der Waals surface area contributed by atoms with E-state index in [4.69, 9.17) is 19.3 Å². The average molecular weight is 589 g/mol. The number of ether oxygens (including phenoxy) is 2. The van der Waals surface area contributed by atoms with Gasteiger partial charge >= 0.3 is 19.8 Å². The van der Waals surface area contributed by atoms with Crippen LogP contribution in [0.5, 0.6) is 0 Å². The molecule has 0 aromatic carbocycles. The molecule has 10 nitrogen and oxygen atoms in total. The Hall–Kier alpha value is -2.13. The number of hydrogen-bond donors (Lipinski definition) is 2. The molecule has 1 atom stereocenters. The smallest absolute Gasteiger partial charge is 0.462 e. The SMILES string of the molecule is CCCCCCCC/C=C\CCCCCCCC(=O)OC[C@H](COP(=O)(O)O)OC(=O)CCCC(=O)/C=C/C=O. The van der Waals surface area contributed by atoms with E-state index in [9.17, 15) is 23.7 Å². The Balaban J connectivity index is 4.07. The fourth-order valence-electron chi connectivity index (χ4n) is 3.78. The van der Waals surface area contributed by atoms with Gasteiger partial charge in [0.05, 0.1) is 6.61 Å². The quantitative estimate of drug-likeness (QED) is 0.0288. The molecule has 0 fully saturated rings. The first-order valence-corrected chi connectivity index (χ1v) is 16.1. The van der Waals surface area contributed by atoms with Gasteiger partial charge in [0, 0.05) is 19.3 Å². The highest BCUT2D eigenvalue weighted by Gasteiger charge is 2.23. The number of esters is 2. The number of phosphoric acid groups is 1. The molecule has 0 bridgehead atoms. The van der Waals surface area contributed by atoms with Gasteiger partial charge in [-0.2, -0.15) is 0 Å². The molecule has 0 saturated heterocycles. The number of hydrogen-bond acceptors (Lipinski definition) is 8. The van der Waals surface area contributed by atoms with Crippen LogP contribution < -0.4 is 0 Å². The molecule has 0 unspecified atom stereocenters. The number of carbonyl (C=O) groups is 4. The first kappa shape index (κ1) is 37.9. The van der Waals surface area contributed by atoms with Crippen molar-refractivity contribution < 1.29 is 47.5 Å². The first-order chi connectivity index (χ1) is 19.2. The molecule has 0 heterocycles. The van der Waals surface area contributed by atoms with E-state index in [1.807, 2.05) is 0 Å². The third-order valence-electron chi connectivity index (χ3n) is 5.96. The third-order valence-corrected chi connectivity index (χ3v) is 6.45. The summed E-state index contributed by atoms with van der Waals surface area (Å²) in [6, 6.07) is 0. The zero-order chi connectivity index (χ0) is 29.9. The summed E-state index contributed by atoms with van der Waals surface area (Å²) in [7, 11) is -4.82. The van der Waals surface area contributed by atoms with Crippen LogP contribution in [0.25, 0.3) is 0 Å². The van der Waals surface area contributed by atoms with Crippen molar-refractivity contribution in [3.63, 3.8) is 0 Å². The summed E-state index contributed by atoms with van der Waals surface area (Å²) < 4.78 is 25.6. The molecule has 0 aliphatic heterocycles. The summed E-state index contributed by atoms with van der Waals surface area (Å²) in [6.07, 6.45) is 21.0. The lowest BCUT2D eigenvalue weighted by Crippen LogP contribution is -2.29. The number of rotatable bonds is 27. The number of carbonyl (C=O) groups excluding carboxylic acids is 4. The molecule has 0 aliphatic carbocycles. The monoisotopic (exact) mass is 588 g/mol. The molecule has 0 amide bonds. The molecule has 0 spiro atoms. The molecule has 0 aromatic rings. The van der Waals surface area contributed by atoms with Crippen molar-refractivity contribution in [3.8, 4) is 0 Å². The molecule has 40 heavy (non-hydrogen) atoms. The molecule has 230 valence electrons. The fourth-order valence-corrected chi connectivity index (χ4v) is 4.14. The minimum Gasteiger partial charge on any atom is -0.462 e. The second-order valence-corrected chi connectivity index (χ2v) is 11.0. The van der Waals surface area contributed by atoms with Crippen molar-refractivity contribution in [1.29, 1.82) is 0 Å². The highest BCUT2D eigenvalue weighted by Crippen LogP contribution is 2.35. The molecule has 0 radical (unpaired) electrons. The van der Waals surface area contributed by atoms with Crippen LogP contribution in [0.1, 0.15) is 116 Å². The maximum absolute atomic E-state index is 12.1. The Bertz CT molecular complexity index is 803. The third kappa shape index (κ3) is 27.4. The van der Waals surface area contributed by atoms with E-state index in [-0.39, 0.29) is 31.5 Å². The first-order valence-electron chi connectivity index (χ1n) is 14.5. The van der Waals surface area contributed by atoms with E-state index in [2.05, 4.69) is 23.6 Å². The number of allylic oxidation sites excluding steroid dienone is 4. The Labute approximate surface area is 239 Å². The molecular weight excluding hydrogens is 539 g/mol. The van der Waals surface area contributed by atoms with Crippen molar-refractivity contribution >= 4 is 31.8 Å². The van der Waals surface area contributed by atoms with Crippen LogP contribution in [0, 0.1) is 0 Å². The van der Waals surface area contributed by atoms with Crippen molar-refractivity contribution in [3.05, 3.63) is 24.3 Å². The molecule has 2 N–H and O–H groups in total. The maximum atomic E-state index is 12.1. The second kappa shape index (κ2) is 25.8. The Morgan fingerprint density at radius 3 is 1.93 bits per heavy atom. The summed E-state index contributed by atoms with van der Waals surface area (Å²) in [5, 5.41) is 0. The molecule has 11 heteroatoms.